The summed E-state index contributed by atoms with van der Waals surface area (Å²) in [5.41, 5.74) is 7.05. The summed E-state index contributed by atoms with van der Waals surface area (Å²) in [6, 6.07) is 8.09. The van der Waals surface area contributed by atoms with Crippen molar-refractivity contribution in [2.45, 2.75) is 25.3 Å². The molecule has 1 fully saturated rings. The van der Waals surface area contributed by atoms with Gasteiger partial charge in [-0.3, -0.25) is 0 Å². The molecule has 3 heteroatoms. The first-order valence-electron chi connectivity index (χ1n) is 5.67. The van der Waals surface area contributed by atoms with Gasteiger partial charge in [-0.05, 0) is 30.5 Å². The highest BCUT2D eigenvalue weighted by Gasteiger charge is 2.26. The molecular weight excluding hydrogens is 266 g/mol. The normalized spacial score (nSPS) is 17.9. The summed E-state index contributed by atoms with van der Waals surface area (Å²) in [6.45, 7) is 0. The van der Waals surface area contributed by atoms with Crippen molar-refractivity contribution in [3.63, 3.8) is 0 Å². The van der Waals surface area contributed by atoms with Crippen molar-refractivity contribution in [3.05, 3.63) is 34.5 Å². The Labute approximate surface area is 103 Å². The molecule has 1 aromatic carbocycles. The molecule has 2 nitrogen and oxygen atoms in total. The molecule has 0 saturated heterocycles. The Morgan fingerprint density at radius 3 is 2.94 bits per heavy atom. The third-order valence-corrected chi connectivity index (χ3v) is 3.87. The smallest absolute Gasteiger partial charge is 0.135 e. The number of furan rings is 1. The molecule has 1 saturated carbocycles. The van der Waals surface area contributed by atoms with Crippen molar-refractivity contribution in [3.8, 4) is 0 Å². The third-order valence-electron chi connectivity index (χ3n) is 3.18. The van der Waals surface area contributed by atoms with Crippen LogP contribution in [0.2, 0.25) is 0 Å². The van der Waals surface area contributed by atoms with E-state index >= 15 is 0 Å². The summed E-state index contributed by atoms with van der Waals surface area (Å²) >= 11 is 3.52. The maximum Gasteiger partial charge on any atom is 0.135 e. The van der Waals surface area contributed by atoms with Gasteiger partial charge in [0.1, 0.15) is 11.3 Å². The lowest BCUT2D eigenvalue weighted by atomic mass is 10.1. The van der Waals surface area contributed by atoms with Gasteiger partial charge in [0, 0.05) is 9.86 Å². The van der Waals surface area contributed by atoms with Gasteiger partial charge in [0.15, 0.2) is 0 Å². The van der Waals surface area contributed by atoms with Gasteiger partial charge in [0.2, 0.25) is 0 Å². The van der Waals surface area contributed by atoms with E-state index in [-0.39, 0.29) is 6.04 Å². The van der Waals surface area contributed by atoms with E-state index in [0.717, 1.165) is 33.5 Å². The van der Waals surface area contributed by atoms with E-state index in [9.17, 15) is 0 Å². The van der Waals surface area contributed by atoms with Crippen LogP contribution in [-0.4, -0.2) is 0 Å². The maximum absolute atomic E-state index is 6.14. The second-order valence-electron chi connectivity index (χ2n) is 4.59. The van der Waals surface area contributed by atoms with Crippen LogP contribution in [0.15, 0.2) is 33.2 Å². The molecule has 2 N–H and O–H groups in total. The quantitative estimate of drug-likeness (QED) is 0.923. The van der Waals surface area contributed by atoms with Crippen LogP contribution in [0.5, 0.6) is 0 Å². The fraction of sp³-hybridized carbons (Fsp3) is 0.385. The van der Waals surface area contributed by atoms with E-state index in [1.54, 1.807) is 0 Å². The Hall–Kier alpha value is -0.800. The summed E-state index contributed by atoms with van der Waals surface area (Å²) in [7, 11) is 0. The summed E-state index contributed by atoms with van der Waals surface area (Å²) < 4.78 is 6.85. The Morgan fingerprint density at radius 2 is 2.25 bits per heavy atom. The van der Waals surface area contributed by atoms with E-state index in [2.05, 4.69) is 22.0 Å². The van der Waals surface area contributed by atoms with E-state index in [1.807, 2.05) is 18.2 Å². The van der Waals surface area contributed by atoms with Crippen molar-refractivity contribution in [2.24, 2.45) is 11.7 Å². The summed E-state index contributed by atoms with van der Waals surface area (Å²) in [6.07, 6.45) is 3.71. The monoisotopic (exact) mass is 279 g/mol. The topological polar surface area (TPSA) is 39.2 Å². The van der Waals surface area contributed by atoms with Crippen LogP contribution < -0.4 is 5.73 Å². The standard InChI is InChI=1S/C13H14BrNO/c14-10-2-1-3-12-9(10)7-13(16-12)11(15)6-8-4-5-8/h1-3,7-8,11H,4-6,15H2. The van der Waals surface area contributed by atoms with Crippen LogP contribution in [0.4, 0.5) is 0 Å². The molecule has 3 rings (SSSR count). The maximum atomic E-state index is 6.14. The van der Waals surface area contributed by atoms with E-state index in [4.69, 9.17) is 10.2 Å². The molecule has 1 aliphatic carbocycles. The fourth-order valence-electron chi connectivity index (χ4n) is 2.06. The van der Waals surface area contributed by atoms with Crippen molar-refractivity contribution in [1.29, 1.82) is 0 Å². The Morgan fingerprint density at radius 1 is 1.44 bits per heavy atom. The second kappa shape index (κ2) is 3.90. The third kappa shape index (κ3) is 1.89. The minimum atomic E-state index is 0.0480. The highest BCUT2D eigenvalue weighted by Crippen LogP contribution is 2.38. The largest absolute Gasteiger partial charge is 0.459 e. The van der Waals surface area contributed by atoms with Gasteiger partial charge in [-0.25, -0.2) is 0 Å². The van der Waals surface area contributed by atoms with Crippen LogP contribution in [0.1, 0.15) is 31.1 Å². The molecule has 2 aromatic rings. The molecule has 1 aromatic heterocycles. The highest BCUT2D eigenvalue weighted by atomic mass is 79.9. The molecule has 0 amide bonds. The first-order chi connectivity index (χ1) is 7.74. The van der Waals surface area contributed by atoms with Gasteiger partial charge < -0.3 is 10.2 Å². The predicted molar refractivity (Wildman–Crippen MR) is 68.2 cm³/mol. The molecular formula is C13H14BrNO. The zero-order chi connectivity index (χ0) is 11.1. The predicted octanol–water partition coefficient (Wildman–Crippen LogP) is 4.00. The van der Waals surface area contributed by atoms with Crippen molar-refractivity contribution in [2.75, 3.05) is 0 Å². The Balaban J connectivity index is 1.94. The van der Waals surface area contributed by atoms with Crippen molar-refractivity contribution < 1.29 is 4.42 Å². The van der Waals surface area contributed by atoms with Crippen LogP contribution in [0, 0.1) is 5.92 Å². The first-order valence-corrected chi connectivity index (χ1v) is 6.47. The van der Waals surface area contributed by atoms with Gasteiger partial charge in [-0.2, -0.15) is 0 Å². The van der Waals surface area contributed by atoms with Crippen LogP contribution in [0.3, 0.4) is 0 Å². The molecule has 16 heavy (non-hydrogen) atoms. The van der Waals surface area contributed by atoms with Crippen molar-refractivity contribution in [1.82, 2.24) is 0 Å². The average Bonchev–Trinajstić information content (AvgIpc) is 2.95. The number of rotatable bonds is 3. The number of nitrogens with two attached hydrogens (primary N) is 1. The number of hydrogen-bond donors (Lipinski definition) is 1. The van der Waals surface area contributed by atoms with Gasteiger partial charge in [-0.15, -0.1) is 0 Å². The number of hydrogen-bond acceptors (Lipinski definition) is 2. The number of fused-ring (bicyclic) bond motifs is 1. The van der Waals surface area contributed by atoms with Gasteiger partial charge in [-0.1, -0.05) is 34.8 Å². The van der Waals surface area contributed by atoms with E-state index in [1.165, 1.54) is 12.8 Å². The Kier molecular flexibility index (Phi) is 2.52. The molecule has 84 valence electrons. The van der Waals surface area contributed by atoms with E-state index < -0.39 is 0 Å². The molecule has 1 unspecified atom stereocenters. The minimum Gasteiger partial charge on any atom is -0.459 e. The molecule has 0 radical (unpaired) electrons. The first kappa shape index (κ1) is 10.4. The average molecular weight is 280 g/mol. The molecule has 1 heterocycles. The number of benzene rings is 1. The van der Waals surface area contributed by atoms with Gasteiger partial charge >= 0.3 is 0 Å². The molecule has 0 aliphatic heterocycles. The lowest BCUT2D eigenvalue weighted by molar-refractivity contribution is 0.463. The van der Waals surface area contributed by atoms with Crippen LogP contribution in [0.25, 0.3) is 11.0 Å². The molecule has 0 bridgehead atoms. The Bertz CT molecular complexity index is 516. The van der Waals surface area contributed by atoms with Gasteiger partial charge in [0.05, 0.1) is 6.04 Å². The fourth-order valence-corrected chi connectivity index (χ4v) is 2.52. The van der Waals surface area contributed by atoms with Crippen molar-refractivity contribution >= 4 is 26.9 Å². The van der Waals surface area contributed by atoms with Gasteiger partial charge in [0.25, 0.3) is 0 Å². The molecule has 0 spiro atoms. The summed E-state index contributed by atoms with van der Waals surface area (Å²) in [5, 5.41) is 1.11. The summed E-state index contributed by atoms with van der Waals surface area (Å²) in [5.74, 6) is 1.74. The second-order valence-corrected chi connectivity index (χ2v) is 5.44. The van der Waals surface area contributed by atoms with Crippen LogP contribution in [-0.2, 0) is 0 Å². The van der Waals surface area contributed by atoms with E-state index in [0.29, 0.717) is 0 Å². The lowest BCUT2D eigenvalue weighted by Crippen LogP contribution is -2.09. The minimum absolute atomic E-state index is 0.0480. The zero-order valence-electron chi connectivity index (χ0n) is 8.95. The highest BCUT2D eigenvalue weighted by molar-refractivity contribution is 9.10. The SMILES string of the molecule is NC(CC1CC1)c1cc2c(Br)cccc2o1. The number of halogens is 1. The summed E-state index contributed by atoms with van der Waals surface area (Å²) in [4.78, 5) is 0. The molecule has 1 atom stereocenters. The van der Waals surface area contributed by atoms with Crippen LogP contribution >= 0.6 is 15.9 Å². The zero-order valence-corrected chi connectivity index (χ0v) is 10.5. The lowest BCUT2D eigenvalue weighted by Gasteiger charge is -2.06. The molecule has 1 aliphatic rings.